The van der Waals surface area contributed by atoms with Crippen LogP contribution < -0.4 is 5.73 Å². The van der Waals surface area contributed by atoms with Crippen LogP contribution >= 0.6 is 0 Å². The Bertz CT molecular complexity index is 456. The molecule has 0 saturated carbocycles. The fourth-order valence-electron chi connectivity index (χ4n) is 2.96. The first-order valence-electron chi connectivity index (χ1n) is 7.28. The highest BCUT2D eigenvalue weighted by Crippen LogP contribution is 2.20. The van der Waals surface area contributed by atoms with Crippen molar-refractivity contribution in [1.82, 2.24) is 9.80 Å². The van der Waals surface area contributed by atoms with Crippen LogP contribution in [0, 0.1) is 5.82 Å². The van der Waals surface area contributed by atoms with Crippen molar-refractivity contribution in [2.45, 2.75) is 19.1 Å². The highest BCUT2D eigenvalue weighted by molar-refractivity contribution is 5.24. The van der Waals surface area contributed by atoms with Crippen molar-refractivity contribution in [2.24, 2.45) is 5.73 Å². The topological polar surface area (TPSA) is 41.7 Å². The quantitative estimate of drug-likeness (QED) is 0.885. The summed E-state index contributed by atoms with van der Waals surface area (Å²) in [7, 11) is 0. The highest BCUT2D eigenvalue weighted by Gasteiger charge is 2.32. The van der Waals surface area contributed by atoms with E-state index in [1.165, 1.54) is 0 Å². The lowest BCUT2D eigenvalue weighted by molar-refractivity contribution is -0.0344. The molecule has 0 spiro atoms. The van der Waals surface area contributed by atoms with Gasteiger partial charge in [0.15, 0.2) is 0 Å². The lowest BCUT2D eigenvalue weighted by Gasteiger charge is -2.46. The Morgan fingerprint density at radius 2 is 2.00 bits per heavy atom. The molecule has 5 heteroatoms. The number of halogens is 1. The van der Waals surface area contributed by atoms with E-state index in [2.05, 4.69) is 9.80 Å². The van der Waals surface area contributed by atoms with E-state index >= 15 is 0 Å². The van der Waals surface area contributed by atoms with E-state index in [4.69, 9.17) is 10.5 Å². The van der Waals surface area contributed by atoms with Crippen LogP contribution in [0.25, 0.3) is 0 Å². The van der Waals surface area contributed by atoms with Crippen LogP contribution in [0.3, 0.4) is 0 Å². The van der Waals surface area contributed by atoms with Gasteiger partial charge in [0.2, 0.25) is 0 Å². The van der Waals surface area contributed by atoms with E-state index in [-0.39, 0.29) is 12.4 Å². The monoisotopic (exact) mass is 279 g/mol. The summed E-state index contributed by atoms with van der Waals surface area (Å²) >= 11 is 0. The standard InChI is InChI=1S/C15H22FN3O/c16-15-7-12(1-2-13(15)8-17)9-18-10-14(11-18)19-3-5-20-6-4-19/h1-2,7,14H,3-6,8-11,17H2. The van der Waals surface area contributed by atoms with Gasteiger partial charge in [0.25, 0.3) is 0 Å². The predicted molar refractivity (Wildman–Crippen MR) is 75.7 cm³/mol. The fourth-order valence-corrected chi connectivity index (χ4v) is 2.96. The zero-order chi connectivity index (χ0) is 13.9. The molecule has 2 fully saturated rings. The molecule has 2 N–H and O–H groups in total. The Labute approximate surface area is 119 Å². The lowest BCUT2D eigenvalue weighted by atomic mass is 10.0. The summed E-state index contributed by atoms with van der Waals surface area (Å²) in [5.41, 5.74) is 7.09. The molecular weight excluding hydrogens is 257 g/mol. The molecule has 1 aromatic rings. The zero-order valence-corrected chi connectivity index (χ0v) is 11.7. The molecule has 2 aliphatic rings. The second kappa shape index (κ2) is 6.18. The molecular formula is C15H22FN3O. The second-order valence-corrected chi connectivity index (χ2v) is 5.63. The minimum Gasteiger partial charge on any atom is -0.379 e. The van der Waals surface area contributed by atoms with Crippen molar-refractivity contribution in [1.29, 1.82) is 0 Å². The number of hydrogen-bond donors (Lipinski definition) is 1. The summed E-state index contributed by atoms with van der Waals surface area (Å²) in [6.45, 7) is 7.00. The normalized spacial score (nSPS) is 21.9. The summed E-state index contributed by atoms with van der Waals surface area (Å²) < 4.78 is 19.0. The molecule has 4 nitrogen and oxygen atoms in total. The van der Waals surface area contributed by atoms with Crippen LogP contribution in [0.5, 0.6) is 0 Å². The highest BCUT2D eigenvalue weighted by atomic mass is 19.1. The van der Waals surface area contributed by atoms with Crippen molar-refractivity contribution in [3.63, 3.8) is 0 Å². The van der Waals surface area contributed by atoms with Crippen LogP contribution in [0.1, 0.15) is 11.1 Å². The molecule has 0 radical (unpaired) electrons. The first kappa shape index (κ1) is 13.9. The second-order valence-electron chi connectivity index (χ2n) is 5.63. The number of rotatable bonds is 4. The van der Waals surface area contributed by atoms with Gasteiger partial charge in [-0.05, 0) is 11.6 Å². The Hall–Kier alpha value is -1.01. The molecule has 1 aromatic carbocycles. The number of ether oxygens (including phenoxy) is 1. The summed E-state index contributed by atoms with van der Waals surface area (Å²) in [6, 6.07) is 6.04. The summed E-state index contributed by atoms with van der Waals surface area (Å²) in [5, 5.41) is 0. The van der Waals surface area contributed by atoms with Gasteiger partial charge in [0.1, 0.15) is 5.82 Å². The molecule has 0 atom stereocenters. The molecule has 0 amide bonds. The van der Waals surface area contributed by atoms with E-state index in [1.54, 1.807) is 12.1 Å². The van der Waals surface area contributed by atoms with E-state index < -0.39 is 0 Å². The number of morpholine rings is 1. The third-order valence-electron chi connectivity index (χ3n) is 4.24. The maximum atomic E-state index is 13.7. The Morgan fingerprint density at radius 3 is 2.65 bits per heavy atom. The summed E-state index contributed by atoms with van der Waals surface area (Å²) in [6.07, 6.45) is 0. The Balaban J connectivity index is 1.49. The van der Waals surface area contributed by atoms with E-state index in [0.29, 0.717) is 11.6 Å². The number of nitrogens with two attached hydrogens (primary N) is 1. The van der Waals surface area contributed by atoms with Crippen molar-refractivity contribution in [2.75, 3.05) is 39.4 Å². The van der Waals surface area contributed by atoms with Gasteiger partial charge in [-0.2, -0.15) is 0 Å². The molecule has 2 saturated heterocycles. The molecule has 20 heavy (non-hydrogen) atoms. The third kappa shape index (κ3) is 3.01. The zero-order valence-electron chi connectivity index (χ0n) is 11.7. The number of benzene rings is 1. The molecule has 2 heterocycles. The van der Waals surface area contributed by atoms with Crippen LogP contribution in [0.4, 0.5) is 4.39 Å². The van der Waals surface area contributed by atoms with Crippen molar-refractivity contribution >= 4 is 0 Å². The summed E-state index contributed by atoms with van der Waals surface area (Å²) in [5.74, 6) is -0.185. The van der Waals surface area contributed by atoms with Crippen molar-refractivity contribution < 1.29 is 9.13 Å². The van der Waals surface area contributed by atoms with Crippen molar-refractivity contribution in [3.05, 3.63) is 35.1 Å². The van der Waals surface area contributed by atoms with Gasteiger partial charge in [0, 0.05) is 50.9 Å². The van der Waals surface area contributed by atoms with Crippen LogP contribution in [-0.4, -0.2) is 55.2 Å². The fraction of sp³-hybridized carbons (Fsp3) is 0.600. The van der Waals surface area contributed by atoms with E-state index in [9.17, 15) is 4.39 Å². The van der Waals surface area contributed by atoms with Crippen LogP contribution in [0.15, 0.2) is 18.2 Å². The largest absolute Gasteiger partial charge is 0.379 e. The summed E-state index contributed by atoms with van der Waals surface area (Å²) in [4.78, 5) is 4.86. The van der Waals surface area contributed by atoms with E-state index in [0.717, 1.165) is 51.5 Å². The number of likely N-dealkylation sites (tertiary alicyclic amines) is 1. The first-order valence-corrected chi connectivity index (χ1v) is 7.28. The van der Waals surface area contributed by atoms with Gasteiger partial charge < -0.3 is 10.5 Å². The van der Waals surface area contributed by atoms with Crippen LogP contribution in [-0.2, 0) is 17.8 Å². The molecule has 3 rings (SSSR count). The van der Waals surface area contributed by atoms with Crippen molar-refractivity contribution in [3.8, 4) is 0 Å². The number of hydrogen-bond acceptors (Lipinski definition) is 4. The maximum Gasteiger partial charge on any atom is 0.128 e. The number of nitrogens with zero attached hydrogens (tertiary/aromatic N) is 2. The SMILES string of the molecule is NCc1ccc(CN2CC(N3CCOCC3)C2)cc1F. The predicted octanol–water partition coefficient (Wildman–Crippen LogP) is 0.801. The van der Waals surface area contributed by atoms with Gasteiger partial charge in [-0.15, -0.1) is 0 Å². The Morgan fingerprint density at radius 1 is 1.25 bits per heavy atom. The van der Waals surface area contributed by atoms with Gasteiger partial charge in [-0.3, -0.25) is 9.80 Å². The minimum atomic E-state index is -0.185. The van der Waals surface area contributed by atoms with Gasteiger partial charge in [-0.25, -0.2) is 4.39 Å². The van der Waals surface area contributed by atoms with Crippen LogP contribution in [0.2, 0.25) is 0 Å². The van der Waals surface area contributed by atoms with Gasteiger partial charge in [0.05, 0.1) is 13.2 Å². The first-order chi connectivity index (χ1) is 9.76. The average Bonchev–Trinajstić information content (AvgIpc) is 2.43. The molecule has 0 aliphatic carbocycles. The lowest BCUT2D eigenvalue weighted by Crippen LogP contribution is -2.60. The maximum absolute atomic E-state index is 13.7. The van der Waals surface area contributed by atoms with Gasteiger partial charge >= 0.3 is 0 Å². The van der Waals surface area contributed by atoms with Gasteiger partial charge in [-0.1, -0.05) is 12.1 Å². The molecule has 2 aliphatic heterocycles. The molecule has 110 valence electrons. The minimum absolute atomic E-state index is 0.185. The van der Waals surface area contributed by atoms with E-state index in [1.807, 2.05) is 6.07 Å². The Kier molecular flexibility index (Phi) is 4.31. The third-order valence-corrected chi connectivity index (χ3v) is 4.24. The average molecular weight is 279 g/mol. The molecule has 0 bridgehead atoms. The smallest absolute Gasteiger partial charge is 0.128 e. The molecule has 0 aromatic heterocycles. The molecule has 0 unspecified atom stereocenters.